The molecule has 0 aliphatic carbocycles. The third-order valence-corrected chi connectivity index (χ3v) is 3.97. The summed E-state index contributed by atoms with van der Waals surface area (Å²) in [5.41, 5.74) is 1.14. The topological polar surface area (TPSA) is 12.5 Å². The summed E-state index contributed by atoms with van der Waals surface area (Å²) in [6.45, 7) is 0.780. The van der Waals surface area contributed by atoms with Crippen LogP contribution in [0.4, 0.5) is 0 Å². The molecule has 0 aromatic heterocycles. The van der Waals surface area contributed by atoms with Gasteiger partial charge >= 0.3 is 0 Å². The normalized spacial score (nSPS) is 18.4. The first-order valence-corrected chi connectivity index (χ1v) is 6.44. The molecule has 88 valence electrons. The molecule has 0 spiro atoms. The molecule has 0 N–H and O–H groups in total. The van der Waals surface area contributed by atoms with Crippen LogP contribution in [-0.2, 0) is 4.74 Å². The second kappa shape index (κ2) is 3.71. The summed E-state index contributed by atoms with van der Waals surface area (Å²) in [6.07, 6.45) is 0.173. The van der Waals surface area contributed by atoms with Crippen LogP contribution >= 0.6 is 11.6 Å². The molecule has 18 heavy (non-hydrogen) atoms. The molecule has 0 unspecified atom stereocenters. The summed E-state index contributed by atoms with van der Waals surface area (Å²) < 4.78 is 5.45. The van der Waals surface area contributed by atoms with E-state index in [0.29, 0.717) is 0 Å². The zero-order chi connectivity index (χ0) is 12.1. The molecule has 3 aromatic carbocycles. The van der Waals surface area contributed by atoms with E-state index >= 15 is 0 Å². The molecule has 0 bridgehead atoms. The average molecular weight is 255 g/mol. The summed E-state index contributed by atoms with van der Waals surface area (Å²) in [5, 5.41) is 5.63. The van der Waals surface area contributed by atoms with Crippen LogP contribution in [-0.4, -0.2) is 6.61 Å². The van der Waals surface area contributed by atoms with Gasteiger partial charge in [-0.05, 0) is 16.2 Å². The number of benzene rings is 3. The predicted molar refractivity (Wildman–Crippen MR) is 75.2 cm³/mol. The largest absolute Gasteiger partial charge is 0.368 e. The van der Waals surface area contributed by atoms with E-state index in [9.17, 15) is 0 Å². The van der Waals surface area contributed by atoms with Crippen molar-refractivity contribution in [3.63, 3.8) is 0 Å². The van der Waals surface area contributed by atoms with Gasteiger partial charge in [-0.3, -0.25) is 0 Å². The first-order valence-electron chi connectivity index (χ1n) is 6.06. The summed E-state index contributed by atoms with van der Waals surface area (Å²) in [6, 6.07) is 16.7. The predicted octanol–water partition coefficient (Wildman–Crippen LogP) is 4.72. The van der Waals surface area contributed by atoms with Gasteiger partial charge in [-0.1, -0.05) is 60.1 Å². The Hall–Kier alpha value is -1.57. The molecule has 3 aromatic rings. The van der Waals surface area contributed by atoms with E-state index in [4.69, 9.17) is 16.3 Å². The number of halogens is 1. The minimum absolute atomic E-state index is 0.173. The molecule has 1 fully saturated rings. The monoisotopic (exact) mass is 254 g/mol. The average Bonchev–Trinajstić information content (AvgIpc) is 3.24. The molecule has 1 aliphatic rings. The van der Waals surface area contributed by atoms with E-state index in [-0.39, 0.29) is 6.10 Å². The molecule has 4 rings (SSSR count). The zero-order valence-corrected chi connectivity index (χ0v) is 10.4. The third-order valence-electron chi connectivity index (χ3n) is 3.56. The Morgan fingerprint density at radius 3 is 1.94 bits per heavy atom. The van der Waals surface area contributed by atoms with Gasteiger partial charge < -0.3 is 4.74 Å². The van der Waals surface area contributed by atoms with Crippen molar-refractivity contribution in [2.45, 2.75) is 6.10 Å². The lowest BCUT2D eigenvalue weighted by atomic mass is 9.96. The van der Waals surface area contributed by atoms with E-state index in [0.717, 1.165) is 22.6 Å². The summed E-state index contributed by atoms with van der Waals surface area (Å²) >= 11 is 6.58. The van der Waals surface area contributed by atoms with Gasteiger partial charge in [0.2, 0.25) is 0 Å². The van der Waals surface area contributed by atoms with Crippen molar-refractivity contribution < 1.29 is 4.74 Å². The van der Waals surface area contributed by atoms with Gasteiger partial charge in [0.15, 0.2) is 0 Å². The number of rotatable bonds is 1. The van der Waals surface area contributed by atoms with Gasteiger partial charge in [0.05, 0.1) is 11.6 Å². The van der Waals surface area contributed by atoms with Crippen LogP contribution in [0, 0.1) is 0 Å². The van der Waals surface area contributed by atoms with Crippen molar-refractivity contribution >= 4 is 33.1 Å². The summed E-state index contributed by atoms with van der Waals surface area (Å²) in [5.74, 6) is 0. The van der Waals surface area contributed by atoms with Crippen LogP contribution in [0.25, 0.3) is 21.5 Å². The van der Waals surface area contributed by atoms with Crippen LogP contribution in [0.15, 0.2) is 48.5 Å². The zero-order valence-electron chi connectivity index (χ0n) is 9.69. The van der Waals surface area contributed by atoms with Gasteiger partial charge in [0.25, 0.3) is 0 Å². The third kappa shape index (κ3) is 1.38. The van der Waals surface area contributed by atoms with Crippen molar-refractivity contribution in [1.29, 1.82) is 0 Å². The van der Waals surface area contributed by atoms with Crippen LogP contribution in [0.2, 0.25) is 5.02 Å². The molecule has 1 aliphatic heterocycles. The van der Waals surface area contributed by atoms with Gasteiger partial charge in [-0.25, -0.2) is 0 Å². The SMILES string of the molecule is Clc1c([C@H]2CO2)c2ccccc2c2ccccc12. The molecule has 1 saturated heterocycles. The molecule has 1 nitrogen and oxygen atoms in total. The standard InChI is InChI=1S/C16H11ClO/c17-16-13-8-4-2-6-11(13)10-5-1-3-7-12(10)15(16)14-9-18-14/h1-8,14H,9H2/t14-/m1/s1. The highest BCUT2D eigenvalue weighted by atomic mass is 35.5. The number of epoxide rings is 1. The van der Waals surface area contributed by atoms with Crippen molar-refractivity contribution in [1.82, 2.24) is 0 Å². The molecule has 0 radical (unpaired) electrons. The number of hydrogen-bond donors (Lipinski definition) is 0. The van der Waals surface area contributed by atoms with Crippen LogP contribution in [0.1, 0.15) is 11.7 Å². The minimum atomic E-state index is 0.173. The fraction of sp³-hybridized carbons (Fsp3) is 0.125. The second-order valence-corrected chi connectivity index (χ2v) is 5.02. The Morgan fingerprint density at radius 1 is 0.833 bits per heavy atom. The van der Waals surface area contributed by atoms with Crippen molar-refractivity contribution in [2.24, 2.45) is 0 Å². The highest BCUT2D eigenvalue weighted by Gasteiger charge is 2.30. The molecule has 1 atom stereocenters. The highest BCUT2D eigenvalue weighted by Crippen LogP contribution is 2.44. The first kappa shape index (κ1) is 10.4. The van der Waals surface area contributed by atoms with E-state index in [2.05, 4.69) is 42.5 Å². The van der Waals surface area contributed by atoms with E-state index in [1.165, 1.54) is 16.2 Å². The first-order chi connectivity index (χ1) is 8.86. The van der Waals surface area contributed by atoms with Crippen LogP contribution in [0.3, 0.4) is 0 Å². The lowest BCUT2D eigenvalue weighted by molar-refractivity contribution is 0.417. The molecule has 0 amide bonds. The maximum atomic E-state index is 6.58. The number of fused-ring (bicyclic) bond motifs is 3. The Kier molecular flexibility index (Phi) is 2.14. The summed E-state index contributed by atoms with van der Waals surface area (Å²) in [4.78, 5) is 0. The molecule has 2 heteroatoms. The van der Waals surface area contributed by atoms with Crippen LogP contribution < -0.4 is 0 Å². The minimum Gasteiger partial charge on any atom is -0.368 e. The molecular formula is C16H11ClO. The van der Waals surface area contributed by atoms with Gasteiger partial charge in [-0.2, -0.15) is 0 Å². The molecule has 1 heterocycles. The fourth-order valence-corrected chi connectivity index (χ4v) is 3.04. The van der Waals surface area contributed by atoms with E-state index < -0.39 is 0 Å². The Labute approximate surface area is 110 Å². The Bertz CT molecular complexity index is 759. The maximum absolute atomic E-state index is 6.58. The van der Waals surface area contributed by atoms with Crippen molar-refractivity contribution in [3.8, 4) is 0 Å². The smallest absolute Gasteiger partial charge is 0.108 e. The Morgan fingerprint density at radius 2 is 1.33 bits per heavy atom. The van der Waals surface area contributed by atoms with Gasteiger partial charge in [-0.15, -0.1) is 0 Å². The molecule has 0 saturated carbocycles. The van der Waals surface area contributed by atoms with Crippen LogP contribution in [0.5, 0.6) is 0 Å². The van der Waals surface area contributed by atoms with Crippen molar-refractivity contribution in [2.75, 3.05) is 6.61 Å². The molecular weight excluding hydrogens is 244 g/mol. The van der Waals surface area contributed by atoms with E-state index in [1.54, 1.807) is 0 Å². The van der Waals surface area contributed by atoms with Gasteiger partial charge in [0, 0.05) is 10.9 Å². The van der Waals surface area contributed by atoms with Crippen molar-refractivity contribution in [3.05, 3.63) is 59.1 Å². The fourth-order valence-electron chi connectivity index (χ4n) is 2.66. The maximum Gasteiger partial charge on any atom is 0.108 e. The second-order valence-electron chi connectivity index (χ2n) is 4.64. The number of hydrogen-bond acceptors (Lipinski definition) is 1. The quantitative estimate of drug-likeness (QED) is 0.452. The lowest BCUT2D eigenvalue weighted by Crippen LogP contribution is -1.89. The highest BCUT2D eigenvalue weighted by molar-refractivity contribution is 6.38. The Balaban J connectivity index is 2.27. The van der Waals surface area contributed by atoms with Gasteiger partial charge in [0.1, 0.15) is 6.10 Å². The number of ether oxygens (including phenoxy) is 1. The van der Waals surface area contributed by atoms with E-state index in [1.807, 2.05) is 6.07 Å². The summed E-state index contributed by atoms with van der Waals surface area (Å²) in [7, 11) is 0. The lowest BCUT2D eigenvalue weighted by Gasteiger charge is -2.11.